The summed E-state index contributed by atoms with van der Waals surface area (Å²) >= 11 is 17.0. The number of hydrogen-bond donors (Lipinski definition) is 0. The quantitative estimate of drug-likeness (QED) is 0.726. The maximum Gasteiger partial charge on any atom is 0.119 e. The van der Waals surface area contributed by atoms with Crippen LogP contribution < -0.4 is 4.74 Å². The zero-order valence-electron chi connectivity index (χ0n) is 7.60. The van der Waals surface area contributed by atoms with Gasteiger partial charge in [-0.15, -0.1) is 34.8 Å². The second-order valence-electron chi connectivity index (χ2n) is 2.79. The molecule has 0 heterocycles. The van der Waals surface area contributed by atoms with E-state index in [9.17, 15) is 0 Å². The van der Waals surface area contributed by atoms with Gasteiger partial charge >= 0.3 is 0 Å². The Hall–Kier alpha value is -0.110. The topological polar surface area (TPSA) is 9.23 Å². The molecule has 0 amide bonds. The van der Waals surface area contributed by atoms with Crippen molar-refractivity contribution < 1.29 is 4.74 Å². The van der Waals surface area contributed by atoms with Crippen LogP contribution in [0.3, 0.4) is 0 Å². The molecule has 0 aromatic heterocycles. The molecule has 4 heteroatoms. The number of benzene rings is 1. The molecule has 0 saturated heterocycles. The van der Waals surface area contributed by atoms with E-state index in [-0.39, 0.29) is 0 Å². The Morgan fingerprint density at radius 1 is 0.929 bits per heavy atom. The van der Waals surface area contributed by atoms with Crippen LogP contribution in [0.5, 0.6) is 5.75 Å². The standard InChI is InChI=1S/C10H11Cl3O/c11-1-2-14-10-4-8(6-12)3-9(5-10)7-13/h3-5H,1-2,6-7H2. The van der Waals surface area contributed by atoms with E-state index in [1.54, 1.807) is 0 Å². The van der Waals surface area contributed by atoms with Gasteiger partial charge in [0.2, 0.25) is 0 Å². The second-order valence-corrected chi connectivity index (χ2v) is 3.70. The third-order valence-corrected chi connectivity index (χ3v) is 2.45. The maximum absolute atomic E-state index is 5.74. The highest BCUT2D eigenvalue weighted by Gasteiger charge is 2.00. The Kier molecular flexibility index (Phi) is 5.46. The molecule has 1 aromatic rings. The molecule has 1 aromatic carbocycles. The summed E-state index contributed by atoms with van der Waals surface area (Å²) in [5.74, 6) is 2.17. The summed E-state index contributed by atoms with van der Waals surface area (Å²) in [6.07, 6.45) is 0. The molecular weight excluding hydrogens is 242 g/mol. The highest BCUT2D eigenvalue weighted by molar-refractivity contribution is 6.18. The molecular formula is C10H11Cl3O. The van der Waals surface area contributed by atoms with Crippen molar-refractivity contribution in [3.63, 3.8) is 0 Å². The Morgan fingerprint density at radius 3 is 1.93 bits per heavy atom. The number of rotatable bonds is 5. The lowest BCUT2D eigenvalue weighted by Crippen LogP contribution is -1.99. The van der Waals surface area contributed by atoms with Gasteiger partial charge in [0.25, 0.3) is 0 Å². The van der Waals surface area contributed by atoms with E-state index in [4.69, 9.17) is 39.5 Å². The highest BCUT2D eigenvalue weighted by Crippen LogP contribution is 2.20. The normalized spacial score (nSPS) is 10.2. The fourth-order valence-corrected chi connectivity index (χ4v) is 1.51. The molecule has 14 heavy (non-hydrogen) atoms. The molecule has 0 fully saturated rings. The first-order valence-electron chi connectivity index (χ1n) is 4.23. The molecule has 0 aliphatic heterocycles. The van der Waals surface area contributed by atoms with Crippen LogP contribution in [0.4, 0.5) is 0 Å². The lowest BCUT2D eigenvalue weighted by Gasteiger charge is -2.07. The van der Waals surface area contributed by atoms with Crippen LogP contribution in [-0.2, 0) is 11.8 Å². The third-order valence-electron chi connectivity index (χ3n) is 1.68. The Labute approximate surface area is 98.9 Å². The van der Waals surface area contributed by atoms with Gasteiger partial charge in [0.15, 0.2) is 0 Å². The monoisotopic (exact) mass is 252 g/mol. The SMILES string of the molecule is ClCCOc1cc(CCl)cc(CCl)c1. The van der Waals surface area contributed by atoms with Gasteiger partial charge in [0.1, 0.15) is 12.4 Å². The fraction of sp³-hybridized carbons (Fsp3) is 0.400. The van der Waals surface area contributed by atoms with Gasteiger partial charge in [0.05, 0.1) is 5.88 Å². The van der Waals surface area contributed by atoms with Gasteiger partial charge < -0.3 is 4.74 Å². The van der Waals surface area contributed by atoms with Crippen LogP contribution in [0.15, 0.2) is 18.2 Å². The van der Waals surface area contributed by atoms with E-state index >= 15 is 0 Å². The number of hydrogen-bond acceptors (Lipinski definition) is 1. The molecule has 0 spiro atoms. The van der Waals surface area contributed by atoms with Crippen molar-refractivity contribution in [1.82, 2.24) is 0 Å². The van der Waals surface area contributed by atoms with Crippen molar-refractivity contribution in [1.29, 1.82) is 0 Å². The lowest BCUT2D eigenvalue weighted by molar-refractivity contribution is 0.342. The average molecular weight is 254 g/mol. The van der Waals surface area contributed by atoms with Crippen molar-refractivity contribution in [2.24, 2.45) is 0 Å². The molecule has 0 N–H and O–H groups in total. The molecule has 0 atom stereocenters. The number of ether oxygens (including phenoxy) is 1. The molecule has 78 valence electrons. The largest absolute Gasteiger partial charge is 0.492 e. The van der Waals surface area contributed by atoms with Crippen molar-refractivity contribution in [2.45, 2.75) is 11.8 Å². The van der Waals surface area contributed by atoms with Gasteiger partial charge in [-0.05, 0) is 23.3 Å². The lowest BCUT2D eigenvalue weighted by atomic mass is 10.1. The van der Waals surface area contributed by atoms with E-state index in [1.807, 2.05) is 18.2 Å². The first-order chi connectivity index (χ1) is 6.80. The van der Waals surface area contributed by atoms with Crippen LogP contribution >= 0.6 is 34.8 Å². The maximum atomic E-state index is 5.74. The van der Waals surface area contributed by atoms with Gasteiger partial charge in [-0.25, -0.2) is 0 Å². The summed E-state index contributed by atoms with van der Waals surface area (Å²) in [5.41, 5.74) is 2.02. The fourth-order valence-electron chi connectivity index (χ4n) is 1.12. The third kappa shape index (κ3) is 3.56. The van der Waals surface area contributed by atoms with E-state index < -0.39 is 0 Å². The minimum atomic E-state index is 0.460. The summed E-state index contributed by atoms with van der Waals surface area (Å²) < 4.78 is 5.39. The Morgan fingerprint density at radius 2 is 1.50 bits per heavy atom. The van der Waals surface area contributed by atoms with Gasteiger partial charge in [-0.1, -0.05) is 6.07 Å². The minimum absolute atomic E-state index is 0.460. The van der Waals surface area contributed by atoms with Crippen LogP contribution in [0.1, 0.15) is 11.1 Å². The van der Waals surface area contributed by atoms with Crippen LogP contribution in [0.25, 0.3) is 0 Å². The van der Waals surface area contributed by atoms with Crippen LogP contribution in [0, 0.1) is 0 Å². The van der Waals surface area contributed by atoms with Gasteiger partial charge in [-0.3, -0.25) is 0 Å². The van der Waals surface area contributed by atoms with Crippen molar-refractivity contribution in [2.75, 3.05) is 12.5 Å². The first-order valence-corrected chi connectivity index (χ1v) is 5.84. The summed E-state index contributed by atoms with van der Waals surface area (Å²) in [6.45, 7) is 0.495. The molecule has 0 bridgehead atoms. The predicted octanol–water partition coefficient (Wildman–Crippen LogP) is 3.78. The van der Waals surface area contributed by atoms with E-state index in [1.165, 1.54) is 0 Å². The molecule has 0 saturated carbocycles. The molecule has 0 radical (unpaired) electrons. The molecule has 0 unspecified atom stereocenters. The van der Waals surface area contributed by atoms with Crippen molar-refractivity contribution in [3.05, 3.63) is 29.3 Å². The second kappa shape index (κ2) is 6.39. The predicted molar refractivity (Wildman–Crippen MR) is 61.8 cm³/mol. The average Bonchev–Trinajstić information content (AvgIpc) is 2.25. The molecule has 1 nitrogen and oxygen atoms in total. The summed E-state index contributed by atoms with van der Waals surface area (Å²) in [5, 5.41) is 0. The Balaban J connectivity index is 2.81. The molecule has 0 aliphatic rings. The first kappa shape index (κ1) is 12.0. The van der Waals surface area contributed by atoms with Crippen LogP contribution in [-0.4, -0.2) is 12.5 Å². The van der Waals surface area contributed by atoms with E-state index in [0.29, 0.717) is 24.2 Å². The minimum Gasteiger partial charge on any atom is -0.492 e. The summed E-state index contributed by atoms with van der Waals surface area (Å²) in [7, 11) is 0. The van der Waals surface area contributed by atoms with E-state index in [0.717, 1.165) is 16.9 Å². The van der Waals surface area contributed by atoms with Crippen molar-refractivity contribution >= 4 is 34.8 Å². The van der Waals surface area contributed by atoms with Gasteiger partial charge in [-0.2, -0.15) is 0 Å². The van der Waals surface area contributed by atoms with Crippen LogP contribution in [0.2, 0.25) is 0 Å². The number of alkyl halides is 3. The summed E-state index contributed by atoms with van der Waals surface area (Å²) in [4.78, 5) is 0. The highest BCUT2D eigenvalue weighted by atomic mass is 35.5. The molecule has 0 aliphatic carbocycles. The number of halogens is 3. The molecule has 1 rings (SSSR count). The van der Waals surface area contributed by atoms with Crippen molar-refractivity contribution in [3.8, 4) is 5.75 Å². The zero-order valence-corrected chi connectivity index (χ0v) is 9.87. The Bertz CT molecular complexity index is 266. The van der Waals surface area contributed by atoms with E-state index in [2.05, 4.69) is 0 Å². The van der Waals surface area contributed by atoms with Gasteiger partial charge in [0, 0.05) is 11.8 Å². The summed E-state index contributed by atoms with van der Waals surface area (Å²) in [6, 6.07) is 5.76. The zero-order chi connectivity index (χ0) is 10.4. The smallest absolute Gasteiger partial charge is 0.119 e.